The fraction of sp³-hybridized carbons (Fsp3) is 0.250. The molecule has 3 N–H and O–H groups in total. The van der Waals surface area contributed by atoms with Crippen molar-refractivity contribution < 1.29 is 0 Å². The zero-order valence-electron chi connectivity index (χ0n) is 12.2. The maximum atomic E-state index is 7.77. The molecule has 3 nitrogen and oxygen atoms in total. The molecule has 4 heteroatoms. The topological polar surface area (TPSA) is 62.8 Å². The van der Waals surface area contributed by atoms with Crippen molar-refractivity contribution in [1.29, 1.82) is 5.41 Å². The number of amidine groups is 1. The zero-order chi connectivity index (χ0) is 14.9. The number of nitrogens with two attached hydrogens (primary N) is 1. The Kier molecular flexibility index (Phi) is 4.14. The Hall–Kier alpha value is -1.81. The van der Waals surface area contributed by atoms with E-state index in [1.807, 2.05) is 19.9 Å². The number of nitrogens with zero attached hydrogens (tertiary/aromatic N) is 1. The van der Waals surface area contributed by atoms with E-state index in [-0.39, 0.29) is 5.84 Å². The molecule has 2 rings (SSSR count). The summed E-state index contributed by atoms with van der Waals surface area (Å²) in [6.07, 6.45) is 0. The lowest BCUT2D eigenvalue weighted by Gasteiger charge is -2.13. The van der Waals surface area contributed by atoms with Crippen molar-refractivity contribution in [2.24, 2.45) is 5.73 Å². The average Bonchev–Trinajstić information content (AvgIpc) is 2.32. The van der Waals surface area contributed by atoms with Gasteiger partial charge in [-0.15, -0.1) is 0 Å². The molecule has 2 aromatic rings. The minimum Gasteiger partial charge on any atom is -0.384 e. The molecule has 0 amide bonds. The van der Waals surface area contributed by atoms with Crippen molar-refractivity contribution >= 4 is 17.6 Å². The van der Waals surface area contributed by atoms with Crippen LogP contribution in [0.15, 0.2) is 34.1 Å². The van der Waals surface area contributed by atoms with Gasteiger partial charge in [0.1, 0.15) is 5.84 Å². The van der Waals surface area contributed by atoms with Crippen LogP contribution in [0.2, 0.25) is 0 Å². The number of benzene rings is 1. The molecule has 0 aliphatic rings. The second kappa shape index (κ2) is 5.67. The van der Waals surface area contributed by atoms with Gasteiger partial charge in [0.2, 0.25) is 0 Å². The number of pyridine rings is 1. The molecule has 0 spiro atoms. The fourth-order valence-corrected chi connectivity index (χ4v) is 3.44. The molecular formula is C16H19N3S. The highest BCUT2D eigenvalue weighted by Gasteiger charge is 2.13. The Morgan fingerprint density at radius 1 is 1.10 bits per heavy atom. The monoisotopic (exact) mass is 285 g/mol. The molecule has 0 aliphatic heterocycles. The number of nitrogens with one attached hydrogen (secondary N) is 1. The molecule has 1 aromatic carbocycles. The van der Waals surface area contributed by atoms with Crippen molar-refractivity contribution in [3.05, 3.63) is 52.3 Å². The van der Waals surface area contributed by atoms with Gasteiger partial charge in [-0.3, -0.25) is 10.4 Å². The van der Waals surface area contributed by atoms with Crippen LogP contribution in [0.3, 0.4) is 0 Å². The summed E-state index contributed by atoms with van der Waals surface area (Å²) in [7, 11) is 0. The lowest BCUT2D eigenvalue weighted by atomic mass is 10.1. The second-order valence-electron chi connectivity index (χ2n) is 5.01. The first-order valence-corrected chi connectivity index (χ1v) is 7.28. The Balaban J connectivity index is 2.53. The van der Waals surface area contributed by atoms with Crippen LogP contribution in [0.4, 0.5) is 0 Å². The highest BCUT2D eigenvalue weighted by molar-refractivity contribution is 7.99. The van der Waals surface area contributed by atoms with Crippen molar-refractivity contribution in [3.8, 4) is 0 Å². The maximum absolute atomic E-state index is 7.77. The van der Waals surface area contributed by atoms with E-state index in [9.17, 15) is 0 Å². The Bertz CT molecular complexity index is 678. The highest BCUT2D eigenvalue weighted by atomic mass is 32.2. The zero-order valence-corrected chi connectivity index (χ0v) is 13.1. The van der Waals surface area contributed by atoms with Gasteiger partial charge < -0.3 is 5.73 Å². The summed E-state index contributed by atoms with van der Waals surface area (Å²) in [6.45, 7) is 8.04. The van der Waals surface area contributed by atoms with E-state index in [4.69, 9.17) is 11.1 Å². The SMILES string of the molecule is Cc1ccc(C)c(Sc2cc(C)nc(C)c2C(=N)N)c1. The van der Waals surface area contributed by atoms with Gasteiger partial charge >= 0.3 is 0 Å². The number of hydrogen-bond donors (Lipinski definition) is 2. The van der Waals surface area contributed by atoms with Crippen molar-refractivity contribution in [2.75, 3.05) is 0 Å². The number of rotatable bonds is 3. The van der Waals surface area contributed by atoms with Gasteiger partial charge in [0.15, 0.2) is 0 Å². The van der Waals surface area contributed by atoms with E-state index in [0.717, 1.165) is 21.8 Å². The first-order valence-electron chi connectivity index (χ1n) is 6.46. The van der Waals surface area contributed by atoms with Gasteiger partial charge in [0.05, 0.1) is 5.56 Å². The Labute approximate surface area is 124 Å². The summed E-state index contributed by atoms with van der Waals surface area (Å²) in [5, 5.41) is 7.77. The largest absolute Gasteiger partial charge is 0.384 e. The molecule has 0 atom stereocenters. The maximum Gasteiger partial charge on any atom is 0.125 e. The number of aromatic nitrogens is 1. The van der Waals surface area contributed by atoms with Crippen LogP contribution >= 0.6 is 11.8 Å². The quantitative estimate of drug-likeness (QED) is 0.667. The molecule has 104 valence electrons. The smallest absolute Gasteiger partial charge is 0.125 e. The first kappa shape index (κ1) is 14.6. The van der Waals surface area contributed by atoms with Gasteiger partial charge in [-0.25, -0.2) is 0 Å². The molecule has 1 aromatic heterocycles. The van der Waals surface area contributed by atoms with E-state index < -0.39 is 0 Å². The van der Waals surface area contributed by atoms with E-state index in [2.05, 4.69) is 37.0 Å². The Morgan fingerprint density at radius 2 is 1.80 bits per heavy atom. The third kappa shape index (κ3) is 3.02. The number of aryl methyl sites for hydroxylation is 4. The Morgan fingerprint density at radius 3 is 2.45 bits per heavy atom. The summed E-state index contributed by atoms with van der Waals surface area (Å²) < 4.78 is 0. The lowest BCUT2D eigenvalue weighted by molar-refractivity contribution is 1.07. The predicted octanol–water partition coefficient (Wildman–Crippen LogP) is 3.75. The number of nitrogen functional groups attached to an aromatic ring is 1. The molecule has 1 heterocycles. The van der Waals surface area contributed by atoms with Gasteiger partial charge in [-0.1, -0.05) is 23.9 Å². The molecule has 0 saturated carbocycles. The van der Waals surface area contributed by atoms with Gasteiger partial charge in [0.25, 0.3) is 0 Å². The molecule has 0 radical (unpaired) electrons. The predicted molar refractivity (Wildman–Crippen MR) is 84.8 cm³/mol. The van der Waals surface area contributed by atoms with Crippen LogP contribution in [0.25, 0.3) is 0 Å². The van der Waals surface area contributed by atoms with Crippen LogP contribution < -0.4 is 5.73 Å². The minimum absolute atomic E-state index is 0.0720. The van der Waals surface area contributed by atoms with Crippen LogP contribution in [-0.4, -0.2) is 10.8 Å². The van der Waals surface area contributed by atoms with Crippen molar-refractivity contribution in [3.63, 3.8) is 0 Å². The van der Waals surface area contributed by atoms with Crippen molar-refractivity contribution in [2.45, 2.75) is 37.5 Å². The molecule has 0 unspecified atom stereocenters. The summed E-state index contributed by atoms with van der Waals surface area (Å²) >= 11 is 1.65. The minimum atomic E-state index is 0.0720. The second-order valence-corrected chi connectivity index (χ2v) is 6.09. The molecule has 0 fully saturated rings. The van der Waals surface area contributed by atoms with E-state index >= 15 is 0 Å². The van der Waals surface area contributed by atoms with Crippen LogP contribution in [0.5, 0.6) is 0 Å². The van der Waals surface area contributed by atoms with Crippen LogP contribution in [-0.2, 0) is 0 Å². The summed E-state index contributed by atoms with van der Waals surface area (Å²) in [5.41, 5.74) is 10.7. The lowest BCUT2D eigenvalue weighted by Crippen LogP contribution is -2.15. The first-order chi connectivity index (χ1) is 9.38. The molecule has 0 saturated heterocycles. The summed E-state index contributed by atoms with van der Waals surface area (Å²) in [6, 6.07) is 8.38. The fourth-order valence-electron chi connectivity index (χ4n) is 2.14. The standard InChI is InChI=1S/C16H19N3S/c1-9-5-6-10(2)13(7-9)20-14-8-11(3)19-12(4)15(14)16(17)18/h5-8H,1-4H3,(H3,17,18). The number of hydrogen-bond acceptors (Lipinski definition) is 3. The van der Waals surface area contributed by atoms with Gasteiger partial charge in [-0.2, -0.15) is 0 Å². The van der Waals surface area contributed by atoms with Gasteiger partial charge in [-0.05, 0) is 51.0 Å². The molecule has 20 heavy (non-hydrogen) atoms. The van der Waals surface area contributed by atoms with Crippen LogP contribution in [0.1, 0.15) is 28.1 Å². The third-order valence-corrected chi connectivity index (χ3v) is 4.33. The molecule has 0 bridgehead atoms. The molecule has 0 aliphatic carbocycles. The van der Waals surface area contributed by atoms with Crippen LogP contribution in [0, 0.1) is 33.1 Å². The van der Waals surface area contributed by atoms with E-state index in [0.29, 0.717) is 0 Å². The summed E-state index contributed by atoms with van der Waals surface area (Å²) in [5.74, 6) is 0.0720. The molecular weight excluding hydrogens is 266 g/mol. The highest BCUT2D eigenvalue weighted by Crippen LogP contribution is 2.34. The summed E-state index contributed by atoms with van der Waals surface area (Å²) in [4.78, 5) is 6.59. The van der Waals surface area contributed by atoms with E-state index in [1.165, 1.54) is 16.0 Å². The van der Waals surface area contributed by atoms with Gasteiger partial charge in [0, 0.05) is 21.2 Å². The third-order valence-electron chi connectivity index (χ3n) is 3.13. The normalized spacial score (nSPS) is 10.6. The van der Waals surface area contributed by atoms with Crippen molar-refractivity contribution in [1.82, 2.24) is 4.98 Å². The average molecular weight is 285 g/mol. The van der Waals surface area contributed by atoms with E-state index in [1.54, 1.807) is 11.8 Å².